The fourth-order valence-electron chi connectivity index (χ4n) is 3.42. The van der Waals surface area contributed by atoms with Gasteiger partial charge in [0.1, 0.15) is 12.3 Å². The average Bonchev–Trinajstić information content (AvgIpc) is 3.23. The molecule has 2 heterocycles. The summed E-state index contributed by atoms with van der Waals surface area (Å²) in [5, 5.41) is 6.56. The van der Waals surface area contributed by atoms with E-state index in [1.807, 2.05) is 23.6 Å². The van der Waals surface area contributed by atoms with E-state index in [0.29, 0.717) is 27.2 Å². The third-order valence-electron chi connectivity index (χ3n) is 4.98. The highest BCUT2D eigenvalue weighted by Crippen LogP contribution is 2.38. The molecule has 0 bridgehead atoms. The minimum atomic E-state index is -0.693. The number of thiazole rings is 1. The van der Waals surface area contributed by atoms with Crippen molar-refractivity contribution in [1.82, 2.24) is 4.98 Å². The SMILES string of the molecule is CCCc1nc(-c2ccc3c(c2)N(CC(=O)Nc2ccc(Cl)c(Cl)c2)C(=O)C(C)O3)cs1. The Bertz CT molecular complexity index is 1180. The van der Waals surface area contributed by atoms with E-state index in [4.69, 9.17) is 27.9 Å². The number of fused-ring (bicyclic) bond motifs is 1. The molecule has 1 aromatic heterocycles. The summed E-state index contributed by atoms with van der Waals surface area (Å²) in [6.07, 6.45) is 1.26. The number of benzene rings is 2. The topological polar surface area (TPSA) is 71.5 Å². The van der Waals surface area contributed by atoms with Crippen LogP contribution in [0.25, 0.3) is 11.3 Å². The number of aromatic nitrogens is 1. The fraction of sp³-hybridized carbons (Fsp3) is 0.261. The molecule has 4 rings (SSSR count). The molecule has 0 radical (unpaired) electrons. The summed E-state index contributed by atoms with van der Waals surface area (Å²) in [7, 11) is 0. The third kappa shape index (κ3) is 4.75. The lowest BCUT2D eigenvalue weighted by Crippen LogP contribution is -2.47. The normalized spacial score (nSPS) is 15.3. The quantitative estimate of drug-likeness (QED) is 0.473. The molecule has 1 aliphatic rings. The molecule has 0 saturated carbocycles. The highest BCUT2D eigenvalue weighted by Gasteiger charge is 2.33. The van der Waals surface area contributed by atoms with Crippen LogP contribution >= 0.6 is 34.5 Å². The molecule has 1 unspecified atom stereocenters. The Kier molecular flexibility index (Phi) is 6.69. The molecule has 0 saturated heterocycles. The maximum atomic E-state index is 12.9. The fourth-order valence-corrected chi connectivity index (χ4v) is 4.63. The summed E-state index contributed by atoms with van der Waals surface area (Å²) < 4.78 is 5.76. The van der Waals surface area contributed by atoms with Gasteiger partial charge in [0, 0.05) is 16.6 Å². The van der Waals surface area contributed by atoms with Gasteiger partial charge in [0.2, 0.25) is 5.91 Å². The molecular weight excluding hydrogens is 469 g/mol. The maximum Gasteiger partial charge on any atom is 0.268 e. The lowest BCUT2D eigenvalue weighted by atomic mass is 10.1. The van der Waals surface area contributed by atoms with Gasteiger partial charge in [-0.05, 0) is 56.2 Å². The van der Waals surface area contributed by atoms with Crippen LogP contribution in [0.15, 0.2) is 41.8 Å². The first-order valence-electron chi connectivity index (χ1n) is 10.2. The molecule has 0 spiro atoms. The Balaban J connectivity index is 1.60. The van der Waals surface area contributed by atoms with Crippen molar-refractivity contribution in [2.45, 2.75) is 32.8 Å². The van der Waals surface area contributed by atoms with E-state index in [1.54, 1.807) is 36.5 Å². The molecule has 32 heavy (non-hydrogen) atoms. The summed E-state index contributed by atoms with van der Waals surface area (Å²) in [6.45, 7) is 3.62. The van der Waals surface area contributed by atoms with Crippen molar-refractivity contribution >= 4 is 57.7 Å². The van der Waals surface area contributed by atoms with Gasteiger partial charge in [-0.3, -0.25) is 14.5 Å². The number of anilines is 2. The van der Waals surface area contributed by atoms with Crippen molar-refractivity contribution in [3.8, 4) is 17.0 Å². The highest BCUT2D eigenvalue weighted by molar-refractivity contribution is 7.09. The number of ether oxygens (including phenoxy) is 1. The molecule has 2 aromatic carbocycles. The number of hydrogen-bond acceptors (Lipinski definition) is 5. The molecule has 1 N–H and O–H groups in total. The monoisotopic (exact) mass is 489 g/mol. The number of hydrogen-bond donors (Lipinski definition) is 1. The van der Waals surface area contributed by atoms with Crippen LogP contribution in [0.2, 0.25) is 10.0 Å². The minimum Gasteiger partial charge on any atom is -0.479 e. The zero-order valence-corrected chi connectivity index (χ0v) is 19.9. The molecule has 1 aliphatic heterocycles. The van der Waals surface area contributed by atoms with Crippen molar-refractivity contribution < 1.29 is 14.3 Å². The number of carbonyl (C=O) groups is 2. The Morgan fingerprint density at radius 1 is 1.22 bits per heavy atom. The highest BCUT2D eigenvalue weighted by atomic mass is 35.5. The second-order valence-corrected chi connectivity index (χ2v) is 9.18. The van der Waals surface area contributed by atoms with Crippen LogP contribution in [0.1, 0.15) is 25.3 Å². The molecule has 3 aromatic rings. The van der Waals surface area contributed by atoms with E-state index < -0.39 is 6.10 Å². The maximum absolute atomic E-state index is 12.9. The minimum absolute atomic E-state index is 0.165. The van der Waals surface area contributed by atoms with Gasteiger partial charge in [0.15, 0.2) is 6.10 Å². The Labute approximate surface area is 200 Å². The van der Waals surface area contributed by atoms with Crippen LogP contribution < -0.4 is 15.0 Å². The summed E-state index contributed by atoms with van der Waals surface area (Å²) in [4.78, 5) is 31.7. The average molecular weight is 490 g/mol. The zero-order valence-electron chi connectivity index (χ0n) is 17.5. The second-order valence-electron chi connectivity index (χ2n) is 7.42. The molecule has 6 nitrogen and oxygen atoms in total. The number of aryl methyl sites for hydroxylation is 1. The van der Waals surface area contributed by atoms with Crippen LogP contribution in [0.5, 0.6) is 5.75 Å². The summed E-state index contributed by atoms with van der Waals surface area (Å²) >= 11 is 13.6. The number of nitrogens with one attached hydrogen (secondary N) is 1. The number of nitrogens with zero attached hydrogens (tertiary/aromatic N) is 2. The van der Waals surface area contributed by atoms with Gasteiger partial charge in [-0.15, -0.1) is 11.3 Å². The van der Waals surface area contributed by atoms with Gasteiger partial charge in [0.25, 0.3) is 5.91 Å². The van der Waals surface area contributed by atoms with Crippen LogP contribution in [0.4, 0.5) is 11.4 Å². The van der Waals surface area contributed by atoms with Crippen molar-refractivity contribution in [3.63, 3.8) is 0 Å². The number of rotatable bonds is 6. The van der Waals surface area contributed by atoms with Crippen LogP contribution in [-0.4, -0.2) is 29.4 Å². The lowest BCUT2D eigenvalue weighted by Gasteiger charge is -2.32. The van der Waals surface area contributed by atoms with Crippen LogP contribution in [-0.2, 0) is 16.0 Å². The standard InChI is InChI=1S/C23H21Cl2N3O3S/c1-3-4-22-27-18(12-32-22)14-5-8-20-19(9-14)28(23(30)13(2)31-20)11-21(29)26-15-6-7-16(24)17(25)10-15/h5-10,12-13H,3-4,11H2,1-2H3,(H,26,29). The smallest absolute Gasteiger partial charge is 0.268 e. The molecule has 9 heteroatoms. The first-order valence-corrected chi connectivity index (χ1v) is 11.8. The first kappa shape index (κ1) is 22.6. The predicted octanol–water partition coefficient (Wildman–Crippen LogP) is 5.82. The summed E-state index contributed by atoms with van der Waals surface area (Å²) in [6, 6.07) is 10.4. The van der Waals surface area contributed by atoms with Gasteiger partial charge in [-0.2, -0.15) is 0 Å². The van der Waals surface area contributed by atoms with Crippen LogP contribution in [0.3, 0.4) is 0 Å². The van der Waals surface area contributed by atoms with E-state index in [1.165, 1.54) is 4.90 Å². The lowest BCUT2D eigenvalue weighted by molar-refractivity contribution is -0.127. The van der Waals surface area contributed by atoms with Crippen LogP contribution in [0, 0.1) is 0 Å². The Morgan fingerprint density at radius 2 is 2.03 bits per heavy atom. The number of amides is 2. The van der Waals surface area contributed by atoms with Crippen molar-refractivity contribution in [2.75, 3.05) is 16.8 Å². The Hall–Kier alpha value is -2.61. The molecule has 1 atom stereocenters. The molecule has 166 valence electrons. The van der Waals surface area contributed by atoms with E-state index in [0.717, 1.165) is 29.1 Å². The summed E-state index contributed by atoms with van der Waals surface area (Å²) in [5.41, 5.74) is 2.74. The van der Waals surface area contributed by atoms with Crippen molar-refractivity contribution in [1.29, 1.82) is 0 Å². The van der Waals surface area contributed by atoms with Gasteiger partial charge < -0.3 is 10.1 Å². The van der Waals surface area contributed by atoms with Crippen molar-refractivity contribution in [2.24, 2.45) is 0 Å². The summed E-state index contributed by atoms with van der Waals surface area (Å²) in [5.74, 6) is -0.0998. The van der Waals surface area contributed by atoms with E-state index in [2.05, 4.69) is 17.2 Å². The zero-order chi connectivity index (χ0) is 22.8. The predicted molar refractivity (Wildman–Crippen MR) is 129 cm³/mol. The van der Waals surface area contributed by atoms with Crippen molar-refractivity contribution in [3.05, 3.63) is 56.8 Å². The molecule has 2 amide bonds. The van der Waals surface area contributed by atoms with Gasteiger partial charge in [-0.25, -0.2) is 4.98 Å². The van der Waals surface area contributed by atoms with Gasteiger partial charge >= 0.3 is 0 Å². The Morgan fingerprint density at radius 3 is 2.78 bits per heavy atom. The molecular formula is C23H21Cl2N3O3S. The largest absolute Gasteiger partial charge is 0.479 e. The van der Waals surface area contributed by atoms with E-state index in [9.17, 15) is 9.59 Å². The third-order valence-corrected chi connectivity index (χ3v) is 6.63. The first-order chi connectivity index (χ1) is 15.4. The van der Waals surface area contributed by atoms with E-state index in [-0.39, 0.29) is 18.4 Å². The molecule has 0 fully saturated rings. The molecule has 0 aliphatic carbocycles. The van der Waals surface area contributed by atoms with E-state index >= 15 is 0 Å². The van der Waals surface area contributed by atoms with Gasteiger partial charge in [-0.1, -0.05) is 30.1 Å². The van der Waals surface area contributed by atoms with Gasteiger partial charge in [0.05, 0.1) is 26.4 Å². The number of halogens is 2. The number of carbonyl (C=O) groups excluding carboxylic acids is 2. The second kappa shape index (κ2) is 9.48.